The van der Waals surface area contributed by atoms with Gasteiger partial charge in [-0.2, -0.15) is 0 Å². The van der Waals surface area contributed by atoms with E-state index in [0.717, 1.165) is 0 Å². The summed E-state index contributed by atoms with van der Waals surface area (Å²) in [6.07, 6.45) is 1.56. The van der Waals surface area contributed by atoms with Crippen molar-refractivity contribution in [2.24, 2.45) is 0 Å². The molecule has 20 heavy (non-hydrogen) atoms. The monoisotopic (exact) mass is 298 g/mol. The van der Waals surface area contributed by atoms with Crippen molar-refractivity contribution >= 4 is 28.5 Å². The van der Waals surface area contributed by atoms with Crippen LogP contribution in [0.2, 0.25) is 0 Å². The minimum Gasteiger partial charge on any atom is -0.478 e. The molecule has 0 radical (unpaired) electrons. The predicted octanol–water partition coefficient (Wildman–Crippen LogP) is 1.58. The number of hydrogen-bond donors (Lipinski definition) is 3. The van der Waals surface area contributed by atoms with E-state index in [2.05, 4.69) is 10.6 Å². The quantitative estimate of drug-likeness (QED) is 0.769. The van der Waals surface area contributed by atoms with Gasteiger partial charge in [0.15, 0.2) is 0 Å². The number of carbonyl (C=O) groups is 2. The van der Waals surface area contributed by atoms with Crippen LogP contribution in [0.5, 0.6) is 0 Å². The summed E-state index contributed by atoms with van der Waals surface area (Å²) in [5, 5.41) is 14.0. The van der Waals surface area contributed by atoms with Gasteiger partial charge in [-0.15, -0.1) is 0 Å². The van der Waals surface area contributed by atoms with Crippen LogP contribution >= 0.6 is 0 Å². The van der Waals surface area contributed by atoms with Crippen molar-refractivity contribution in [2.45, 2.75) is 19.1 Å². The van der Waals surface area contributed by atoms with E-state index in [1.165, 1.54) is 6.07 Å². The number of carbonyl (C=O) groups excluding carboxylic acids is 1. The van der Waals surface area contributed by atoms with Gasteiger partial charge in [-0.1, -0.05) is 12.1 Å². The Bertz CT molecular complexity index is 545. The number of hydrogen-bond acceptors (Lipinski definition) is 3. The molecular formula is C13H18N2O4S. The van der Waals surface area contributed by atoms with E-state index < -0.39 is 22.8 Å². The molecule has 0 aliphatic carbocycles. The minimum atomic E-state index is -1.10. The van der Waals surface area contributed by atoms with Crippen molar-refractivity contribution in [2.75, 3.05) is 18.1 Å². The maximum Gasteiger partial charge on any atom is 0.338 e. The summed E-state index contributed by atoms with van der Waals surface area (Å²) < 4.78 is 11.2. The fraction of sp³-hybridized carbons (Fsp3) is 0.385. The minimum absolute atomic E-state index is 0.0646. The fourth-order valence-corrected chi connectivity index (χ4v) is 1.89. The smallest absolute Gasteiger partial charge is 0.338 e. The van der Waals surface area contributed by atoms with E-state index in [4.69, 9.17) is 5.11 Å². The summed E-state index contributed by atoms with van der Waals surface area (Å²) in [5.41, 5.74) is 0.869. The molecule has 7 heteroatoms. The molecule has 0 fully saturated rings. The molecule has 110 valence electrons. The van der Waals surface area contributed by atoms with E-state index in [1.807, 2.05) is 0 Å². The molecule has 1 aromatic rings. The third kappa shape index (κ3) is 4.34. The Morgan fingerprint density at radius 1 is 1.40 bits per heavy atom. The number of benzene rings is 1. The van der Waals surface area contributed by atoms with Gasteiger partial charge < -0.3 is 15.7 Å². The van der Waals surface area contributed by atoms with Gasteiger partial charge in [-0.3, -0.25) is 4.21 Å². The maximum absolute atomic E-state index is 11.7. The molecule has 0 aliphatic heterocycles. The predicted molar refractivity (Wildman–Crippen MR) is 78.7 cm³/mol. The van der Waals surface area contributed by atoms with Crippen LogP contribution in [0.3, 0.4) is 0 Å². The van der Waals surface area contributed by atoms with Gasteiger partial charge in [-0.05, 0) is 25.5 Å². The zero-order valence-electron chi connectivity index (χ0n) is 11.6. The van der Waals surface area contributed by atoms with Gasteiger partial charge >= 0.3 is 12.0 Å². The molecule has 0 saturated heterocycles. The van der Waals surface area contributed by atoms with Crippen LogP contribution in [-0.2, 0) is 10.8 Å². The molecule has 3 N–H and O–H groups in total. The van der Waals surface area contributed by atoms with Crippen LogP contribution < -0.4 is 10.6 Å². The number of aromatic carboxylic acids is 1. The lowest BCUT2D eigenvalue weighted by Crippen LogP contribution is -2.36. The SMILES string of the molecule is Cc1cccc(NC(=O)NCC(C)S(C)=O)c1C(=O)O. The third-order valence-corrected chi connectivity index (χ3v) is 4.15. The van der Waals surface area contributed by atoms with Crippen molar-refractivity contribution in [3.63, 3.8) is 0 Å². The molecule has 0 heterocycles. The highest BCUT2D eigenvalue weighted by atomic mass is 32.2. The molecule has 6 nitrogen and oxygen atoms in total. The van der Waals surface area contributed by atoms with Crippen LogP contribution in [-0.4, -0.2) is 39.4 Å². The van der Waals surface area contributed by atoms with Crippen LogP contribution in [0.1, 0.15) is 22.8 Å². The summed E-state index contributed by atoms with van der Waals surface area (Å²) in [6, 6.07) is 4.34. The number of urea groups is 1. The van der Waals surface area contributed by atoms with E-state index in [1.54, 1.807) is 32.2 Å². The first-order chi connectivity index (χ1) is 9.32. The Hall–Kier alpha value is -1.89. The molecule has 1 aromatic carbocycles. The molecule has 2 atom stereocenters. The molecule has 1 rings (SSSR count). The summed E-state index contributed by atoms with van der Waals surface area (Å²) >= 11 is 0. The number of anilines is 1. The highest BCUT2D eigenvalue weighted by Crippen LogP contribution is 2.19. The molecule has 0 aliphatic rings. The summed E-state index contributed by atoms with van der Waals surface area (Å²) in [4.78, 5) is 22.9. The second kappa shape index (κ2) is 7.04. The average Bonchev–Trinajstić information content (AvgIpc) is 2.35. The summed E-state index contributed by atoms with van der Waals surface area (Å²) in [6.45, 7) is 3.67. The van der Waals surface area contributed by atoms with Crippen LogP contribution in [0, 0.1) is 6.92 Å². The van der Waals surface area contributed by atoms with Gasteiger partial charge in [0.2, 0.25) is 0 Å². The molecule has 0 saturated carbocycles. The fourth-order valence-electron chi connectivity index (χ4n) is 1.58. The number of carboxylic acid groups (broad SMARTS) is 1. The van der Waals surface area contributed by atoms with Crippen molar-refractivity contribution < 1.29 is 18.9 Å². The highest BCUT2D eigenvalue weighted by Gasteiger charge is 2.15. The van der Waals surface area contributed by atoms with E-state index in [0.29, 0.717) is 5.56 Å². The van der Waals surface area contributed by atoms with Gasteiger partial charge in [-0.25, -0.2) is 9.59 Å². The number of rotatable bonds is 5. The van der Waals surface area contributed by atoms with E-state index in [-0.39, 0.29) is 23.0 Å². The Morgan fingerprint density at radius 3 is 2.60 bits per heavy atom. The Kier molecular flexibility index (Phi) is 5.69. The normalized spacial score (nSPS) is 13.3. The van der Waals surface area contributed by atoms with Gasteiger partial charge in [0.1, 0.15) is 0 Å². The first-order valence-corrected chi connectivity index (χ1v) is 7.65. The second-order valence-corrected chi connectivity index (χ2v) is 6.25. The van der Waals surface area contributed by atoms with E-state index in [9.17, 15) is 13.8 Å². The van der Waals surface area contributed by atoms with E-state index >= 15 is 0 Å². The molecule has 0 spiro atoms. The first-order valence-electron chi connectivity index (χ1n) is 6.03. The van der Waals surface area contributed by atoms with Crippen molar-refractivity contribution in [3.05, 3.63) is 29.3 Å². The topological polar surface area (TPSA) is 95.5 Å². The highest BCUT2D eigenvalue weighted by molar-refractivity contribution is 7.84. The lowest BCUT2D eigenvalue weighted by molar-refractivity contribution is 0.0697. The lowest BCUT2D eigenvalue weighted by atomic mass is 10.1. The van der Waals surface area contributed by atoms with Gasteiger partial charge in [0.05, 0.1) is 11.3 Å². The van der Waals surface area contributed by atoms with Crippen molar-refractivity contribution in [1.29, 1.82) is 0 Å². The summed E-state index contributed by atoms with van der Waals surface area (Å²) in [7, 11) is -1.03. The van der Waals surface area contributed by atoms with Crippen molar-refractivity contribution in [1.82, 2.24) is 5.32 Å². The molecule has 0 aromatic heterocycles. The molecule has 2 unspecified atom stereocenters. The lowest BCUT2D eigenvalue weighted by Gasteiger charge is -2.13. The molecule has 0 bridgehead atoms. The molecular weight excluding hydrogens is 280 g/mol. The number of carboxylic acids is 1. The molecule has 2 amide bonds. The Morgan fingerprint density at radius 2 is 2.05 bits per heavy atom. The van der Waals surface area contributed by atoms with Crippen LogP contribution in [0.4, 0.5) is 10.5 Å². The number of amides is 2. The van der Waals surface area contributed by atoms with Crippen LogP contribution in [0.25, 0.3) is 0 Å². The number of nitrogens with one attached hydrogen (secondary N) is 2. The summed E-state index contributed by atoms with van der Waals surface area (Å²) in [5.74, 6) is -1.10. The van der Waals surface area contributed by atoms with Gasteiger partial charge in [0.25, 0.3) is 0 Å². The average molecular weight is 298 g/mol. The first kappa shape index (κ1) is 16.2. The maximum atomic E-state index is 11.7. The van der Waals surface area contributed by atoms with Crippen molar-refractivity contribution in [3.8, 4) is 0 Å². The zero-order valence-corrected chi connectivity index (χ0v) is 12.4. The Balaban J connectivity index is 2.74. The number of aryl methyl sites for hydroxylation is 1. The third-order valence-electron chi connectivity index (χ3n) is 2.85. The van der Waals surface area contributed by atoms with Gasteiger partial charge in [0, 0.05) is 28.9 Å². The van der Waals surface area contributed by atoms with Crippen LogP contribution in [0.15, 0.2) is 18.2 Å². The second-order valence-electron chi connectivity index (χ2n) is 4.45. The Labute approximate surface area is 120 Å². The largest absolute Gasteiger partial charge is 0.478 e. The standard InChI is InChI=1S/C13H18N2O4S/c1-8-5-4-6-10(11(8)12(16)17)15-13(18)14-7-9(2)20(3)19/h4-6,9H,7H2,1-3H3,(H,16,17)(H2,14,15,18). The zero-order chi connectivity index (χ0) is 15.3.